The molecular formula is C26H24N4O2. The molecule has 32 heavy (non-hydrogen) atoms. The Hall–Kier alpha value is -4.19. The third-order valence-electron chi connectivity index (χ3n) is 5.29. The molecule has 6 heteroatoms. The zero-order valence-electron chi connectivity index (χ0n) is 17.5. The van der Waals surface area contributed by atoms with Crippen molar-refractivity contribution >= 4 is 28.3 Å². The van der Waals surface area contributed by atoms with Crippen molar-refractivity contribution in [1.29, 1.82) is 0 Å². The molecule has 0 saturated heterocycles. The summed E-state index contributed by atoms with van der Waals surface area (Å²) in [5.74, 6) is -0.0180. The number of nitrogen functional groups attached to an aromatic ring is 1. The van der Waals surface area contributed by atoms with Crippen LogP contribution in [0.4, 0.5) is 10.5 Å². The number of amides is 2. The zero-order chi connectivity index (χ0) is 22.3. The number of ketones is 1. The van der Waals surface area contributed by atoms with Crippen molar-refractivity contribution in [2.24, 2.45) is 0 Å². The topological polar surface area (TPSA) is 97.1 Å². The van der Waals surface area contributed by atoms with Gasteiger partial charge >= 0.3 is 6.03 Å². The fourth-order valence-corrected chi connectivity index (χ4v) is 3.46. The van der Waals surface area contributed by atoms with Gasteiger partial charge in [-0.15, -0.1) is 0 Å². The predicted octanol–water partition coefficient (Wildman–Crippen LogP) is 4.24. The van der Waals surface area contributed by atoms with Crippen LogP contribution in [0.3, 0.4) is 0 Å². The lowest BCUT2D eigenvalue weighted by Crippen LogP contribution is -2.34. The fraction of sp³-hybridized carbons (Fsp3) is 0.115. The Morgan fingerprint density at radius 2 is 1.50 bits per heavy atom. The first-order chi connectivity index (χ1) is 15.6. The zero-order valence-corrected chi connectivity index (χ0v) is 17.5. The Morgan fingerprint density at radius 1 is 0.812 bits per heavy atom. The molecule has 0 aliphatic heterocycles. The molecule has 3 aromatic carbocycles. The quantitative estimate of drug-likeness (QED) is 0.387. The standard InChI is InChI=1S/C26H24N4O2/c27-24-17-28-12-11-23(24)14-25(31)21-9-5-18(6-10-21)15-29-26(32)30-16-19-7-8-20-3-1-2-4-22(20)13-19/h1-13,17H,14-16,27H2,(H2,29,30,32). The van der Waals surface area contributed by atoms with Crippen LogP contribution in [0.1, 0.15) is 27.0 Å². The SMILES string of the molecule is Nc1cnccc1CC(=O)c1ccc(CNC(=O)NCc2ccc3ccccc3c2)cc1. The van der Waals surface area contributed by atoms with E-state index < -0.39 is 0 Å². The van der Waals surface area contributed by atoms with E-state index in [0.29, 0.717) is 24.3 Å². The molecule has 0 saturated carbocycles. The van der Waals surface area contributed by atoms with Crippen molar-refractivity contribution in [2.75, 3.05) is 5.73 Å². The van der Waals surface area contributed by atoms with E-state index in [9.17, 15) is 9.59 Å². The minimum Gasteiger partial charge on any atom is -0.397 e. The van der Waals surface area contributed by atoms with E-state index in [1.54, 1.807) is 30.6 Å². The van der Waals surface area contributed by atoms with Gasteiger partial charge in [0, 0.05) is 31.3 Å². The molecule has 1 heterocycles. The number of nitrogens with one attached hydrogen (secondary N) is 2. The summed E-state index contributed by atoms with van der Waals surface area (Å²) in [6, 6.07) is 23.0. The highest BCUT2D eigenvalue weighted by molar-refractivity contribution is 5.98. The van der Waals surface area contributed by atoms with Crippen molar-refractivity contribution in [3.05, 3.63) is 107 Å². The van der Waals surface area contributed by atoms with Crippen LogP contribution in [0.25, 0.3) is 10.8 Å². The fourth-order valence-electron chi connectivity index (χ4n) is 3.46. The first kappa shape index (κ1) is 21.1. The molecule has 1 aromatic heterocycles. The summed E-state index contributed by atoms with van der Waals surface area (Å²) in [7, 11) is 0. The maximum Gasteiger partial charge on any atom is 0.315 e. The first-order valence-corrected chi connectivity index (χ1v) is 10.4. The van der Waals surface area contributed by atoms with E-state index in [1.165, 1.54) is 5.39 Å². The Morgan fingerprint density at radius 3 is 2.25 bits per heavy atom. The summed E-state index contributed by atoms with van der Waals surface area (Å²) in [4.78, 5) is 28.6. The Bertz CT molecular complexity index is 1250. The highest BCUT2D eigenvalue weighted by Gasteiger charge is 2.10. The second kappa shape index (κ2) is 9.75. The second-order valence-electron chi connectivity index (χ2n) is 7.59. The summed E-state index contributed by atoms with van der Waals surface area (Å²) >= 11 is 0. The number of carbonyl (C=O) groups is 2. The third kappa shape index (κ3) is 5.29. The van der Waals surface area contributed by atoms with Crippen molar-refractivity contribution in [2.45, 2.75) is 19.5 Å². The Labute approximate surface area is 186 Å². The lowest BCUT2D eigenvalue weighted by Gasteiger charge is -2.09. The average molecular weight is 425 g/mol. The van der Waals surface area contributed by atoms with Crippen LogP contribution < -0.4 is 16.4 Å². The van der Waals surface area contributed by atoms with Crippen LogP contribution in [0.5, 0.6) is 0 Å². The molecule has 2 amide bonds. The number of anilines is 1. The summed E-state index contributed by atoms with van der Waals surface area (Å²) in [6.07, 6.45) is 3.39. The van der Waals surface area contributed by atoms with Crippen LogP contribution in [0.2, 0.25) is 0 Å². The number of benzene rings is 3. The molecule has 0 unspecified atom stereocenters. The second-order valence-corrected chi connectivity index (χ2v) is 7.59. The van der Waals surface area contributed by atoms with Crippen LogP contribution in [0, 0.1) is 0 Å². The summed E-state index contributed by atoms with van der Waals surface area (Å²) in [5.41, 5.74) is 9.69. The number of nitrogens with two attached hydrogens (primary N) is 1. The number of fused-ring (bicyclic) bond motifs is 1. The van der Waals surface area contributed by atoms with Gasteiger partial charge in [-0.2, -0.15) is 0 Å². The van der Waals surface area contributed by atoms with Gasteiger partial charge in [-0.1, -0.05) is 60.7 Å². The van der Waals surface area contributed by atoms with Gasteiger partial charge in [-0.05, 0) is 39.6 Å². The predicted molar refractivity (Wildman–Crippen MR) is 126 cm³/mol. The lowest BCUT2D eigenvalue weighted by atomic mass is 10.0. The molecule has 4 aromatic rings. The number of hydrogen-bond donors (Lipinski definition) is 3. The number of urea groups is 1. The number of rotatable bonds is 7. The van der Waals surface area contributed by atoms with E-state index in [-0.39, 0.29) is 18.2 Å². The van der Waals surface area contributed by atoms with Gasteiger partial charge in [0.25, 0.3) is 0 Å². The highest BCUT2D eigenvalue weighted by atomic mass is 16.2. The van der Waals surface area contributed by atoms with Gasteiger partial charge in [-0.3, -0.25) is 9.78 Å². The normalized spacial score (nSPS) is 10.6. The highest BCUT2D eigenvalue weighted by Crippen LogP contribution is 2.16. The van der Waals surface area contributed by atoms with Crippen molar-refractivity contribution < 1.29 is 9.59 Å². The molecule has 160 valence electrons. The van der Waals surface area contributed by atoms with Gasteiger partial charge in [0.15, 0.2) is 5.78 Å². The summed E-state index contributed by atoms with van der Waals surface area (Å²) < 4.78 is 0. The molecule has 0 bridgehead atoms. The van der Waals surface area contributed by atoms with Crippen molar-refractivity contribution in [3.8, 4) is 0 Å². The van der Waals surface area contributed by atoms with Crippen LogP contribution >= 0.6 is 0 Å². The molecule has 0 aliphatic rings. The molecule has 6 nitrogen and oxygen atoms in total. The van der Waals surface area contributed by atoms with E-state index in [2.05, 4.69) is 39.9 Å². The van der Waals surface area contributed by atoms with E-state index in [1.807, 2.05) is 30.3 Å². The number of hydrogen-bond acceptors (Lipinski definition) is 4. The molecular weight excluding hydrogens is 400 g/mol. The minimum atomic E-state index is -0.244. The van der Waals surface area contributed by atoms with E-state index in [0.717, 1.165) is 22.1 Å². The van der Waals surface area contributed by atoms with E-state index >= 15 is 0 Å². The molecule has 0 aliphatic carbocycles. The van der Waals surface area contributed by atoms with Crippen molar-refractivity contribution in [3.63, 3.8) is 0 Å². The number of Topliss-reactive ketones (excluding diaryl/α,β-unsaturated/α-hetero) is 1. The van der Waals surface area contributed by atoms with Crippen LogP contribution in [-0.4, -0.2) is 16.8 Å². The van der Waals surface area contributed by atoms with Gasteiger partial charge in [0.1, 0.15) is 0 Å². The lowest BCUT2D eigenvalue weighted by molar-refractivity contribution is 0.0993. The van der Waals surface area contributed by atoms with Gasteiger partial charge in [-0.25, -0.2) is 4.79 Å². The number of carbonyl (C=O) groups excluding carboxylic acids is 2. The Balaban J connectivity index is 1.26. The maximum atomic E-state index is 12.5. The van der Waals surface area contributed by atoms with Crippen LogP contribution in [-0.2, 0) is 19.5 Å². The third-order valence-corrected chi connectivity index (χ3v) is 5.29. The summed E-state index contributed by atoms with van der Waals surface area (Å²) in [6.45, 7) is 0.817. The average Bonchev–Trinajstić information content (AvgIpc) is 2.83. The van der Waals surface area contributed by atoms with E-state index in [4.69, 9.17) is 5.73 Å². The number of pyridine rings is 1. The summed E-state index contributed by atoms with van der Waals surface area (Å²) in [5, 5.41) is 8.04. The molecule has 4 rings (SSSR count). The molecule has 0 atom stereocenters. The molecule has 0 spiro atoms. The first-order valence-electron chi connectivity index (χ1n) is 10.4. The molecule has 4 N–H and O–H groups in total. The number of nitrogens with zero attached hydrogens (tertiary/aromatic N) is 1. The monoisotopic (exact) mass is 424 g/mol. The maximum absolute atomic E-state index is 12.5. The molecule has 0 fully saturated rings. The van der Waals surface area contributed by atoms with Crippen molar-refractivity contribution in [1.82, 2.24) is 15.6 Å². The number of aromatic nitrogens is 1. The minimum absolute atomic E-state index is 0.0180. The van der Waals surface area contributed by atoms with Gasteiger partial charge in [0.2, 0.25) is 0 Å². The smallest absolute Gasteiger partial charge is 0.315 e. The van der Waals surface area contributed by atoms with Crippen LogP contribution in [0.15, 0.2) is 85.2 Å². The molecule has 0 radical (unpaired) electrons. The largest absolute Gasteiger partial charge is 0.397 e. The Kier molecular flexibility index (Phi) is 6.41. The van der Waals surface area contributed by atoms with Gasteiger partial charge in [0.05, 0.1) is 11.9 Å². The van der Waals surface area contributed by atoms with Gasteiger partial charge < -0.3 is 16.4 Å².